The molecular weight excluding hydrogens is 1050 g/mol. The number of carbonyl (C=O) groups excluding carboxylic acids is 4. The minimum absolute atomic E-state index is 0.0300. The van der Waals surface area contributed by atoms with Crippen molar-refractivity contribution < 1.29 is 73.6 Å². The van der Waals surface area contributed by atoms with Crippen molar-refractivity contribution in [1.82, 2.24) is 35.4 Å². The van der Waals surface area contributed by atoms with E-state index in [0.29, 0.717) is 63.1 Å². The van der Waals surface area contributed by atoms with Crippen molar-refractivity contribution in [3.63, 3.8) is 0 Å². The largest absolute Gasteiger partial charge is 0.469 e. The van der Waals surface area contributed by atoms with Crippen LogP contribution in [0, 0.1) is 34.3 Å². The molecule has 16 nitrogen and oxygen atoms in total. The minimum atomic E-state index is -5.10. The molecule has 0 bridgehead atoms. The van der Waals surface area contributed by atoms with Crippen LogP contribution in [0.1, 0.15) is 84.4 Å². The van der Waals surface area contributed by atoms with E-state index in [2.05, 4.69) is 43.6 Å². The first-order valence-electron chi connectivity index (χ1n) is 26.0. The molecule has 4 aromatic rings. The number of piperazine rings is 1. The molecule has 2 amide bonds. The monoisotopic (exact) mass is 1120 g/mol. The lowest BCUT2D eigenvalue weighted by Crippen LogP contribution is -2.63. The van der Waals surface area contributed by atoms with E-state index in [-0.39, 0.29) is 35.8 Å². The van der Waals surface area contributed by atoms with Crippen LogP contribution in [0.4, 0.5) is 45.7 Å². The second kappa shape index (κ2) is 24.2. The van der Waals surface area contributed by atoms with Crippen LogP contribution >= 0.6 is 0 Å². The molecular formula is C55H68F8N8O8. The highest BCUT2D eigenvalue weighted by atomic mass is 19.4. The number of methoxy groups -OCH3 is 2. The van der Waals surface area contributed by atoms with Gasteiger partial charge in [0.2, 0.25) is 5.91 Å². The first-order chi connectivity index (χ1) is 37.0. The van der Waals surface area contributed by atoms with Gasteiger partial charge in [-0.3, -0.25) is 29.4 Å². The van der Waals surface area contributed by atoms with Crippen LogP contribution < -0.4 is 15.6 Å². The second-order valence-corrected chi connectivity index (χ2v) is 22.1. The number of hydrazine groups is 1. The molecule has 432 valence electrons. The van der Waals surface area contributed by atoms with E-state index in [0.717, 1.165) is 63.7 Å². The van der Waals surface area contributed by atoms with E-state index in [9.17, 15) is 50.6 Å². The molecule has 6 atom stereocenters. The topological polar surface area (TPSA) is 181 Å². The maximum atomic E-state index is 16.2. The number of carbonyl (C=O) groups is 4. The molecule has 2 saturated heterocycles. The van der Waals surface area contributed by atoms with Gasteiger partial charge in [-0.1, -0.05) is 38.1 Å². The number of ketones is 1. The van der Waals surface area contributed by atoms with E-state index >= 15 is 8.78 Å². The van der Waals surface area contributed by atoms with Gasteiger partial charge in [-0.25, -0.2) is 23.6 Å². The molecule has 24 heteroatoms. The van der Waals surface area contributed by atoms with Gasteiger partial charge < -0.3 is 29.5 Å². The van der Waals surface area contributed by atoms with Gasteiger partial charge in [0.05, 0.1) is 74.5 Å². The number of nitrogens with one attached hydrogen (secondary N) is 2. The Morgan fingerprint density at radius 1 is 0.810 bits per heavy atom. The maximum absolute atomic E-state index is 16.2. The molecule has 7 rings (SSSR count). The normalized spacial score (nSPS) is 19.3. The number of aromatic nitrogens is 3. The smallest absolute Gasteiger partial charge is 0.407 e. The van der Waals surface area contributed by atoms with Crippen molar-refractivity contribution in [3.8, 4) is 22.4 Å². The third kappa shape index (κ3) is 14.0. The molecule has 0 spiro atoms. The average molecular weight is 1120 g/mol. The lowest BCUT2D eigenvalue weighted by molar-refractivity contribution is -0.231. The molecule has 3 aliphatic rings. The number of hydrogen-bond acceptors (Lipinski definition) is 13. The SMILES string of the molecule is COC(=O)C[C@H](C(=O)NN(Cc1c(F)cc(-c2ccn(C3CC3)n2)cc1F)C[C@H](O)[C@@H](CC(=O)[C@@H](NC(=O)OC)C(C)(C)C(F)(F)F)Cc1ccc(-c2ccc(N3C[C@@H](C)N(C4COC4)C[C@H]3C)nc2)cc1)C(C)(C)C(F)(F)F. The molecule has 3 fully saturated rings. The fourth-order valence-corrected chi connectivity index (χ4v) is 9.99. The van der Waals surface area contributed by atoms with Gasteiger partial charge in [-0.05, 0) is 94.3 Å². The Balaban J connectivity index is 1.20. The predicted octanol–water partition coefficient (Wildman–Crippen LogP) is 8.62. The van der Waals surface area contributed by atoms with Crippen molar-refractivity contribution in [2.24, 2.45) is 22.7 Å². The summed E-state index contributed by atoms with van der Waals surface area (Å²) < 4.78 is 137. The molecule has 79 heavy (non-hydrogen) atoms. The minimum Gasteiger partial charge on any atom is -0.469 e. The number of alkyl halides is 6. The first-order valence-corrected chi connectivity index (χ1v) is 26.0. The van der Waals surface area contributed by atoms with Gasteiger partial charge in [0, 0.05) is 73.8 Å². The zero-order valence-electron chi connectivity index (χ0n) is 45.3. The summed E-state index contributed by atoms with van der Waals surface area (Å²) in [6, 6.07) is 12.7. The summed E-state index contributed by atoms with van der Waals surface area (Å²) in [5.74, 6) is -9.15. The van der Waals surface area contributed by atoms with Crippen molar-refractivity contribution in [3.05, 3.63) is 89.8 Å². The fraction of sp³-hybridized carbons (Fsp3) is 0.564. The Labute approximate surface area is 453 Å². The number of nitrogens with zero attached hydrogens (tertiary/aromatic N) is 6. The van der Waals surface area contributed by atoms with Gasteiger partial charge in [0.25, 0.3) is 0 Å². The highest BCUT2D eigenvalue weighted by molar-refractivity contribution is 5.88. The summed E-state index contributed by atoms with van der Waals surface area (Å²) in [5, 5.41) is 19.3. The van der Waals surface area contributed by atoms with E-state index < -0.39 is 114 Å². The summed E-state index contributed by atoms with van der Waals surface area (Å²) in [4.78, 5) is 62.9. The Bertz CT molecular complexity index is 2760. The molecule has 3 N–H and O–H groups in total. The molecule has 2 aromatic heterocycles. The number of benzene rings is 2. The first kappa shape index (κ1) is 60.4. The number of rotatable bonds is 22. The maximum Gasteiger partial charge on any atom is 0.407 e. The fourth-order valence-electron chi connectivity index (χ4n) is 9.99. The number of ether oxygens (including phenoxy) is 3. The third-order valence-corrected chi connectivity index (χ3v) is 15.7. The van der Waals surface area contributed by atoms with Gasteiger partial charge >= 0.3 is 24.4 Å². The zero-order chi connectivity index (χ0) is 57.9. The van der Waals surface area contributed by atoms with Crippen LogP contribution in [0.25, 0.3) is 22.4 Å². The summed E-state index contributed by atoms with van der Waals surface area (Å²) in [5.41, 5.74) is -2.26. The number of hydrogen-bond donors (Lipinski definition) is 3. The average Bonchev–Trinajstić information content (AvgIpc) is 4.10. The zero-order valence-corrected chi connectivity index (χ0v) is 45.3. The number of Topliss-reactive ketones (excluding diaryl/α,β-unsaturated/α-hetero) is 1. The van der Waals surface area contributed by atoms with Gasteiger partial charge in [-0.2, -0.15) is 31.4 Å². The quantitative estimate of drug-likeness (QED) is 0.0387. The Kier molecular flexibility index (Phi) is 18.5. The summed E-state index contributed by atoms with van der Waals surface area (Å²) in [6.07, 6.45) is -10.7. The molecule has 1 aliphatic carbocycles. The molecule has 2 aromatic carbocycles. The highest BCUT2D eigenvalue weighted by Gasteiger charge is 2.57. The standard InChI is InChI=1S/C55H68F8N8O8/c1-31-26-70(32(2)25-69(31)39-29-79-30-39)47-16-13-35(24-64-47)34-11-9-33(10-12-34)19-37(22-45(72)49(65-51(76)78-8)53(5,6)55(61,62)63)46(73)28-68(67-50(75)41(23-48(74)77-7)52(3,4)54(58,59)60)27-40-42(56)20-36(21-43(40)57)44-17-18-71(66-44)38-14-15-38/h9-13,16-18,20-21,24,31-32,37-39,41,46,49,73H,14-15,19,22-23,25-30H2,1-8H3,(H,65,76)(H,67,75)/t31-,32-,37-,41-,46+,49-/m1/s1. The van der Waals surface area contributed by atoms with Crippen molar-refractivity contribution in [2.45, 2.75) is 129 Å². The summed E-state index contributed by atoms with van der Waals surface area (Å²) in [6.45, 7) is 8.13. The molecule has 0 unspecified atom stereocenters. The number of pyridine rings is 1. The predicted molar refractivity (Wildman–Crippen MR) is 274 cm³/mol. The van der Waals surface area contributed by atoms with Crippen molar-refractivity contribution >= 4 is 29.6 Å². The molecule has 0 radical (unpaired) electrons. The Hall–Kier alpha value is -6.24. The van der Waals surface area contributed by atoms with Crippen LogP contribution in [0.15, 0.2) is 67.0 Å². The van der Waals surface area contributed by atoms with Gasteiger partial charge in [0.1, 0.15) is 23.5 Å². The van der Waals surface area contributed by atoms with Crippen molar-refractivity contribution in [1.29, 1.82) is 0 Å². The number of esters is 1. The van der Waals surface area contributed by atoms with Gasteiger partial charge in [0.15, 0.2) is 5.78 Å². The van der Waals surface area contributed by atoms with Gasteiger partial charge in [-0.15, -0.1) is 0 Å². The number of halogens is 8. The lowest BCUT2D eigenvalue weighted by atomic mass is 9.75. The van der Waals surface area contributed by atoms with Crippen LogP contribution in [-0.4, -0.2) is 143 Å². The van der Waals surface area contributed by atoms with E-state index in [1.54, 1.807) is 47.4 Å². The number of amides is 2. The third-order valence-electron chi connectivity index (χ3n) is 15.7. The Morgan fingerprint density at radius 2 is 1.44 bits per heavy atom. The lowest BCUT2D eigenvalue weighted by Gasteiger charge is -2.49. The van der Waals surface area contributed by atoms with E-state index in [1.807, 2.05) is 17.4 Å². The highest BCUT2D eigenvalue weighted by Crippen LogP contribution is 2.46. The molecule has 2 aliphatic heterocycles. The second-order valence-electron chi connectivity index (χ2n) is 22.1. The molecule has 4 heterocycles. The van der Waals surface area contributed by atoms with E-state index in [1.165, 1.54) is 0 Å². The number of alkyl carbamates (subject to hydrolysis) is 1. The summed E-state index contributed by atoms with van der Waals surface area (Å²) in [7, 11) is 1.77. The van der Waals surface area contributed by atoms with Crippen LogP contribution in [0.2, 0.25) is 0 Å². The van der Waals surface area contributed by atoms with Crippen molar-refractivity contribution in [2.75, 3.05) is 52.0 Å². The Morgan fingerprint density at radius 3 is 1.99 bits per heavy atom. The number of anilines is 1. The summed E-state index contributed by atoms with van der Waals surface area (Å²) >= 11 is 0. The van der Waals surface area contributed by atoms with Crippen LogP contribution in [0.5, 0.6) is 0 Å². The number of aliphatic hydroxyl groups is 1. The van der Waals surface area contributed by atoms with Crippen LogP contribution in [-0.2, 0) is 41.6 Å². The van der Waals surface area contributed by atoms with E-state index in [4.69, 9.17) is 9.72 Å². The van der Waals surface area contributed by atoms with Crippen LogP contribution in [0.3, 0.4) is 0 Å². The molecule has 1 saturated carbocycles. The number of aliphatic hydroxyl groups excluding tert-OH is 1.